The van der Waals surface area contributed by atoms with Crippen LogP contribution in [-0.2, 0) is 6.18 Å². The van der Waals surface area contributed by atoms with Crippen LogP contribution in [0.15, 0.2) is 66.7 Å². The Morgan fingerprint density at radius 3 is 2.38 bits per heavy atom. The van der Waals surface area contributed by atoms with E-state index in [1.165, 1.54) is 12.1 Å². The van der Waals surface area contributed by atoms with E-state index in [1.54, 1.807) is 12.1 Å². The number of nitrogens with one attached hydrogen (secondary N) is 1. The van der Waals surface area contributed by atoms with E-state index in [4.69, 9.17) is 0 Å². The molecule has 0 fully saturated rings. The number of fused-ring (bicyclic) bond motifs is 1. The monoisotopic (exact) mass is 359 g/mol. The first-order valence-corrected chi connectivity index (χ1v) is 7.98. The topological polar surface area (TPSA) is 49.3 Å². The van der Waals surface area contributed by atoms with Crippen molar-refractivity contribution < 1.29 is 23.1 Å². The van der Waals surface area contributed by atoms with E-state index in [9.17, 15) is 23.1 Å². The molecule has 1 atom stereocenters. The van der Waals surface area contributed by atoms with Crippen LogP contribution >= 0.6 is 0 Å². The van der Waals surface area contributed by atoms with Crippen molar-refractivity contribution in [1.82, 2.24) is 5.32 Å². The zero-order chi connectivity index (χ0) is 18.7. The van der Waals surface area contributed by atoms with E-state index in [2.05, 4.69) is 5.32 Å². The largest absolute Gasteiger partial charge is 0.417 e. The minimum Gasteiger partial charge on any atom is -0.387 e. The summed E-state index contributed by atoms with van der Waals surface area (Å²) in [6, 6.07) is 17.4. The minimum absolute atomic E-state index is 0.195. The third-order valence-electron chi connectivity index (χ3n) is 4.12. The van der Waals surface area contributed by atoms with Crippen molar-refractivity contribution in [2.75, 3.05) is 6.54 Å². The van der Waals surface area contributed by atoms with Gasteiger partial charge in [0.05, 0.1) is 17.2 Å². The first-order chi connectivity index (χ1) is 12.4. The molecule has 3 aromatic rings. The van der Waals surface area contributed by atoms with Crippen molar-refractivity contribution in [2.24, 2.45) is 0 Å². The van der Waals surface area contributed by atoms with E-state index in [1.807, 2.05) is 30.3 Å². The smallest absolute Gasteiger partial charge is 0.387 e. The number of aliphatic hydroxyl groups excluding tert-OH is 1. The Bertz CT molecular complexity index is 932. The van der Waals surface area contributed by atoms with Gasteiger partial charge in [-0.15, -0.1) is 0 Å². The summed E-state index contributed by atoms with van der Waals surface area (Å²) >= 11 is 0. The van der Waals surface area contributed by atoms with Crippen molar-refractivity contribution in [2.45, 2.75) is 12.3 Å². The fraction of sp³-hybridized carbons (Fsp3) is 0.150. The van der Waals surface area contributed by atoms with E-state index < -0.39 is 29.3 Å². The molecule has 0 bridgehead atoms. The quantitative estimate of drug-likeness (QED) is 0.729. The number of hydrogen-bond donors (Lipinski definition) is 2. The molecule has 26 heavy (non-hydrogen) atoms. The van der Waals surface area contributed by atoms with E-state index >= 15 is 0 Å². The summed E-state index contributed by atoms with van der Waals surface area (Å²) in [6.07, 6.45) is -5.66. The molecule has 0 saturated carbocycles. The van der Waals surface area contributed by atoms with E-state index in [0.717, 1.165) is 22.9 Å². The lowest BCUT2D eigenvalue weighted by atomic mass is 10.00. The summed E-state index contributed by atoms with van der Waals surface area (Å²) in [5.41, 5.74) is -0.866. The molecule has 0 heterocycles. The highest BCUT2D eigenvalue weighted by Crippen LogP contribution is 2.32. The van der Waals surface area contributed by atoms with Crippen molar-refractivity contribution in [1.29, 1.82) is 0 Å². The molecule has 3 nitrogen and oxygen atoms in total. The average molecular weight is 359 g/mol. The lowest BCUT2D eigenvalue weighted by Crippen LogP contribution is -2.30. The van der Waals surface area contributed by atoms with Gasteiger partial charge < -0.3 is 10.4 Å². The molecular formula is C20H16F3NO2. The number of benzene rings is 3. The molecule has 3 rings (SSSR count). The molecule has 6 heteroatoms. The zero-order valence-corrected chi connectivity index (χ0v) is 13.6. The molecule has 1 unspecified atom stereocenters. The van der Waals surface area contributed by atoms with Crippen molar-refractivity contribution >= 4 is 16.7 Å². The van der Waals surface area contributed by atoms with Gasteiger partial charge in [-0.1, -0.05) is 54.6 Å². The maximum absolute atomic E-state index is 13.0. The average Bonchev–Trinajstić information content (AvgIpc) is 2.64. The third kappa shape index (κ3) is 3.70. The number of halogens is 3. The summed E-state index contributed by atoms with van der Waals surface area (Å²) in [6.45, 7) is -0.195. The molecule has 3 aromatic carbocycles. The number of rotatable bonds is 4. The Balaban J connectivity index is 1.78. The second-order valence-corrected chi connectivity index (χ2v) is 5.84. The van der Waals surface area contributed by atoms with Crippen LogP contribution < -0.4 is 5.32 Å². The van der Waals surface area contributed by atoms with Crippen LogP contribution in [-0.4, -0.2) is 17.6 Å². The van der Waals surface area contributed by atoms with Crippen LogP contribution in [0, 0.1) is 0 Å². The molecule has 0 aliphatic carbocycles. The number of amides is 1. The summed E-state index contributed by atoms with van der Waals surface area (Å²) in [4.78, 5) is 12.2. The molecule has 0 aliphatic rings. The van der Waals surface area contributed by atoms with Gasteiger partial charge in [0.25, 0.3) is 5.91 Å². The Hall–Kier alpha value is -2.86. The predicted octanol–water partition coefficient (Wildman–Crippen LogP) is 4.32. The number of alkyl halides is 3. The summed E-state index contributed by atoms with van der Waals surface area (Å²) in [5, 5.41) is 14.5. The number of aliphatic hydroxyl groups is 1. The SMILES string of the molecule is O=C(NCC(O)c1cccc2ccccc12)c1ccccc1C(F)(F)F. The molecule has 0 saturated heterocycles. The van der Waals surface area contributed by atoms with Gasteiger partial charge in [0, 0.05) is 6.54 Å². The fourth-order valence-corrected chi connectivity index (χ4v) is 2.86. The standard InChI is InChI=1S/C20H16F3NO2/c21-20(22,23)17-11-4-3-9-16(17)19(26)24-12-18(25)15-10-5-7-13-6-1-2-8-14(13)15/h1-11,18,25H,12H2,(H,24,26). The van der Waals surface area contributed by atoms with E-state index in [-0.39, 0.29) is 6.54 Å². The Morgan fingerprint density at radius 1 is 0.962 bits per heavy atom. The highest BCUT2D eigenvalue weighted by molar-refractivity contribution is 5.96. The Kier molecular flexibility index (Phi) is 4.95. The number of carbonyl (C=O) groups is 1. The fourth-order valence-electron chi connectivity index (χ4n) is 2.86. The highest BCUT2D eigenvalue weighted by atomic mass is 19.4. The van der Waals surface area contributed by atoms with Crippen LogP contribution in [0.25, 0.3) is 10.8 Å². The number of carbonyl (C=O) groups excluding carboxylic acids is 1. The first-order valence-electron chi connectivity index (χ1n) is 7.98. The van der Waals surface area contributed by atoms with Crippen LogP contribution in [0.2, 0.25) is 0 Å². The molecule has 0 aromatic heterocycles. The lowest BCUT2D eigenvalue weighted by Gasteiger charge is -2.16. The molecule has 0 spiro atoms. The van der Waals surface area contributed by atoms with Crippen LogP contribution in [0.1, 0.15) is 27.6 Å². The van der Waals surface area contributed by atoms with Crippen LogP contribution in [0.4, 0.5) is 13.2 Å². The molecular weight excluding hydrogens is 343 g/mol. The summed E-state index contributed by atoms with van der Waals surface area (Å²) < 4.78 is 39.1. The van der Waals surface area contributed by atoms with Gasteiger partial charge in [0.15, 0.2) is 0 Å². The van der Waals surface area contributed by atoms with Gasteiger partial charge >= 0.3 is 6.18 Å². The third-order valence-corrected chi connectivity index (χ3v) is 4.12. The zero-order valence-electron chi connectivity index (χ0n) is 13.6. The Labute approximate surface area is 148 Å². The van der Waals surface area contributed by atoms with Crippen molar-refractivity contribution in [3.63, 3.8) is 0 Å². The molecule has 0 aliphatic heterocycles. The molecule has 2 N–H and O–H groups in total. The van der Waals surface area contributed by atoms with Gasteiger partial charge in [0.2, 0.25) is 0 Å². The predicted molar refractivity (Wildman–Crippen MR) is 92.7 cm³/mol. The number of hydrogen-bond acceptors (Lipinski definition) is 2. The van der Waals surface area contributed by atoms with Gasteiger partial charge in [-0.05, 0) is 28.5 Å². The van der Waals surface area contributed by atoms with Gasteiger partial charge in [-0.3, -0.25) is 4.79 Å². The second-order valence-electron chi connectivity index (χ2n) is 5.84. The second kappa shape index (κ2) is 7.17. The van der Waals surface area contributed by atoms with Crippen LogP contribution in [0.5, 0.6) is 0 Å². The van der Waals surface area contributed by atoms with Gasteiger partial charge in [-0.25, -0.2) is 0 Å². The molecule has 1 amide bonds. The van der Waals surface area contributed by atoms with Crippen LogP contribution in [0.3, 0.4) is 0 Å². The minimum atomic E-state index is -4.62. The Morgan fingerprint density at radius 2 is 1.62 bits per heavy atom. The maximum atomic E-state index is 13.0. The van der Waals surface area contributed by atoms with Gasteiger partial charge in [-0.2, -0.15) is 13.2 Å². The molecule has 134 valence electrons. The van der Waals surface area contributed by atoms with Gasteiger partial charge in [0.1, 0.15) is 0 Å². The van der Waals surface area contributed by atoms with E-state index in [0.29, 0.717) is 5.56 Å². The summed E-state index contributed by atoms with van der Waals surface area (Å²) in [5.74, 6) is -0.878. The highest BCUT2D eigenvalue weighted by Gasteiger charge is 2.34. The van der Waals surface area contributed by atoms with Crippen molar-refractivity contribution in [3.8, 4) is 0 Å². The lowest BCUT2D eigenvalue weighted by molar-refractivity contribution is -0.137. The summed E-state index contributed by atoms with van der Waals surface area (Å²) in [7, 11) is 0. The maximum Gasteiger partial charge on any atom is 0.417 e. The normalized spacial score (nSPS) is 12.8. The van der Waals surface area contributed by atoms with Crippen molar-refractivity contribution in [3.05, 3.63) is 83.4 Å². The molecule has 0 radical (unpaired) electrons. The first kappa shape index (κ1) is 17.9.